The molecule has 0 bridgehead atoms. The van der Waals surface area contributed by atoms with E-state index in [2.05, 4.69) is 9.98 Å². The molecule has 0 fully saturated rings. The molecule has 0 aromatic rings. The lowest BCUT2D eigenvalue weighted by Gasteiger charge is -2.29. The van der Waals surface area contributed by atoms with Gasteiger partial charge in [-0.1, -0.05) is 20.8 Å². The Morgan fingerprint density at radius 3 is 1.89 bits per heavy atom. The Kier molecular flexibility index (Phi) is 9.04. The first-order valence-electron chi connectivity index (χ1n) is 9.47. The van der Waals surface area contributed by atoms with Crippen molar-refractivity contribution in [2.24, 2.45) is 15.8 Å². The fourth-order valence-corrected chi connectivity index (χ4v) is 1.88. The Morgan fingerprint density at radius 2 is 1.39 bits per heavy atom. The minimum Gasteiger partial charge on any atom is -0.460 e. The van der Waals surface area contributed by atoms with Crippen molar-refractivity contribution in [1.29, 1.82) is 0 Å². The number of rotatable bonds is 9. The first-order chi connectivity index (χ1) is 13.1. The summed E-state index contributed by atoms with van der Waals surface area (Å²) in [5, 5.41) is 0.745. The lowest BCUT2D eigenvalue weighted by atomic mass is 10.3. The van der Waals surface area contributed by atoms with E-state index in [0.29, 0.717) is 19.3 Å². The van der Waals surface area contributed by atoms with Gasteiger partial charge in [0.1, 0.15) is 0 Å². The number of amidine groups is 2. The van der Waals surface area contributed by atoms with Crippen LogP contribution in [0, 0.1) is 0 Å². The molecule has 0 saturated heterocycles. The van der Waals surface area contributed by atoms with Crippen molar-refractivity contribution in [2.75, 3.05) is 0 Å². The largest absolute Gasteiger partial charge is 0.460 e. The number of ether oxygens (including phenoxy) is 3. The van der Waals surface area contributed by atoms with Gasteiger partial charge in [0.05, 0.1) is 18.3 Å². The molecular formula is C18H30N4O6. The van der Waals surface area contributed by atoms with Gasteiger partial charge in [0, 0.05) is 0 Å². The maximum absolute atomic E-state index is 12.5. The summed E-state index contributed by atoms with van der Waals surface area (Å²) in [7, 11) is 0. The molecule has 0 aromatic heterocycles. The van der Waals surface area contributed by atoms with Crippen molar-refractivity contribution in [3.63, 3.8) is 0 Å². The van der Waals surface area contributed by atoms with E-state index in [1.165, 1.54) is 0 Å². The maximum Gasteiger partial charge on any atom is 0.376 e. The van der Waals surface area contributed by atoms with Gasteiger partial charge >= 0.3 is 17.9 Å². The average molecular weight is 398 g/mol. The van der Waals surface area contributed by atoms with Gasteiger partial charge in [0.2, 0.25) is 17.8 Å². The minimum atomic E-state index is -1.45. The van der Waals surface area contributed by atoms with Gasteiger partial charge in [-0.15, -0.1) is 0 Å². The fraction of sp³-hybridized carbons (Fsp3) is 0.722. The monoisotopic (exact) mass is 398 g/mol. The summed E-state index contributed by atoms with van der Waals surface area (Å²) in [6.07, 6.45) is -0.904. The molecule has 0 saturated carbocycles. The average Bonchev–Trinajstić information content (AvgIpc) is 2.67. The van der Waals surface area contributed by atoms with Gasteiger partial charge in [0.15, 0.2) is 0 Å². The standard InChI is InChI=1S/C18H30N4O6/c1-7-10(4)26-16(23)13-20-14(17(24)27-11(5)8-2)22(19)15(21-13)18(25)28-12(6)9-3/h10-12,14H,7-9,19H2,1-6H3. The van der Waals surface area contributed by atoms with E-state index in [0.717, 1.165) is 5.01 Å². The number of carbonyl (C=O) groups is 3. The van der Waals surface area contributed by atoms with E-state index in [4.69, 9.17) is 20.1 Å². The van der Waals surface area contributed by atoms with Crippen LogP contribution in [0.4, 0.5) is 0 Å². The Hall–Kier alpha value is -2.49. The van der Waals surface area contributed by atoms with E-state index < -0.39 is 41.8 Å². The smallest absolute Gasteiger partial charge is 0.376 e. The first-order valence-corrected chi connectivity index (χ1v) is 9.47. The van der Waals surface area contributed by atoms with E-state index in [1.807, 2.05) is 20.8 Å². The highest BCUT2D eigenvalue weighted by atomic mass is 16.6. The van der Waals surface area contributed by atoms with Crippen LogP contribution < -0.4 is 5.84 Å². The normalized spacial score (nSPS) is 19.7. The predicted molar refractivity (Wildman–Crippen MR) is 102 cm³/mol. The first kappa shape index (κ1) is 23.5. The molecule has 0 aliphatic carbocycles. The Labute approximate surface area is 165 Å². The molecule has 4 unspecified atom stereocenters. The van der Waals surface area contributed by atoms with Gasteiger partial charge in [-0.25, -0.2) is 25.2 Å². The molecule has 2 N–H and O–H groups in total. The van der Waals surface area contributed by atoms with E-state index in [1.54, 1.807) is 20.8 Å². The third-order valence-electron chi connectivity index (χ3n) is 4.20. The molecule has 28 heavy (non-hydrogen) atoms. The quantitative estimate of drug-likeness (QED) is 0.349. The molecule has 0 aromatic carbocycles. The van der Waals surface area contributed by atoms with E-state index in [-0.39, 0.29) is 12.2 Å². The summed E-state index contributed by atoms with van der Waals surface area (Å²) in [5.74, 6) is 2.48. The molecule has 0 spiro atoms. The number of hydrogen-bond acceptors (Lipinski definition) is 10. The Bertz CT molecular complexity index is 648. The molecule has 1 aliphatic heterocycles. The van der Waals surface area contributed by atoms with Crippen molar-refractivity contribution < 1.29 is 28.6 Å². The van der Waals surface area contributed by atoms with Crippen molar-refractivity contribution in [3.8, 4) is 0 Å². The van der Waals surface area contributed by atoms with Crippen LogP contribution in [0.25, 0.3) is 0 Å². The van der Waals surface area contributed by atoms with Crippen LogP contribution in [0.3, 0.4) is 0 Å². The molecule has 1 aliphatic rings. The molecular weight excluding hydrogens is 368 g/mol. The molecule has 0 radical (unpaired) electrons. The summed E-state index contributed by atoms with van der Waals surface area (Å²) >= 11 is 0. The topological polar surface area (TPSA) is 133 Å². The zero-order valence-corrected chi connectivity index (χ0v) is 17.3. The summed E-state index contributed by atoms with van der Waals surface area (Å²) in [4.78, 5) is 45.1. The second-order valence-corrected chi connectivity index (χ2v) is 6.57. The highest BCUT2D eigenvalue weighted by molar-refractivity contribution is 6.45. The SMILES string of the molecule is CCC(C)OC(=O)C1=NC(C(=O)OC(C)CC)N(N)C(C(=O)OC(C)CC)=N1. The van der Waals surface area contributed by atoms with E-state index >= 15 is 0 Å². The highest BCUT2D eigenvalue weighted by Crippen LogP contribution is 2.13. The molecule has 158 valence electrons. The third kappa shape index (κ3) is 6.29. The molecule has 1 rings (SSSR count). The van der Waals surface area contributed by atoms with Crippen molar-refractivity contribution >= 4 is 29.6 Å². The van der Waals surface area contributed by atoms with Crippen LogP contribution in [0.5, 0.6) is 0 Å². The fourth-order valence-electron chi connectivity index (χ4n) is 1.88. The van der Waals surface area contributed by atoms with Crippen LogP contribution >= 0.6 is 0 Å². The molecule has 0 amide bonds. The zero-order chi connectivity index (χ0) is 21.4. The molecule has 4 atom stereocenters. The van der Waals surface area contributed by atoms with Crippen LogP contribution in [0.1, 0.15) is 60.8 Å². The summed E-state index contributed by atoms with van der Waals surface area (Å²) in [6, 6.07) is 0. The number of nitrogens with two attached hydrogens (primary N) is 1. The van der Waals surface area contributed by atoms with Crippen molar-refractivity contribution in [3.05, 3.63) is 0 Å². The van der Waals surface area contributed by atoms with Crippen LogP contribution in [0.2, 0.25) is 0 Å². The van der Waals surface area contributed by atoms with Crippen LogP contribution in [0.15, 0.2) is 9.98 Å². The van der Waals surface area contributed by atoms with Gasteiger partial charge < -0.3 is 14.2 Å². The summed E-state index contributed by atoms with van der Waals surface area (Å²) < 4.78 is 15.7. The maximum atomic E-state index is 12.5. The Morgan fingerprint density at radius 1 is 0.929 bits per heavy atom. The van der Waals surface area contributed by atoms with E-state index in [9.17, 15) is 14.4 Å². The van der Waals surface area contributed by atoms with Crippen LogP contribution in [-0.4, -0.2) is 59.1 Å². The lowest BCUT2D eigenvalue weighted by molar-refractivity contribution is -0.153. The minimum absolute atomic E-state index is 0.387. The number of hydrogen-bond donors (Lipinski definition) is 1. The van der Waals surface area contributed by atoms with Gasteiger partial charge in [-0.05, 0) is 40.0 Å². The number of nitrogens with zero attached hydrogens (tertiary/aromatic N) is 3. The number of aliphatic imine (C=N–C) groups is 2. The molecule has 10 heteroatoms. The van der Waals surface area contributed by atoms with Gasteiger partial charge in [-0.2, -0.15) is 4.99 Å². The zero-order valence-electron chi connectivity index (χ0n) is 17.3. The second kappa shape index (κ2) is 10.7. The summed E-state index contributed by atoms with van der Waals surface area (Å²) in [6.45, 7) is 10.6. The highest BCUT2D eigenvalue weighted by Gasteiger charge is 2.38. The Balaban J connectivity index is 3.19. The third-order valence-corrected chi connectivity index (χ3v) is 4.20. The van der Waals surface area contributed by atoms with Crippen LogP contribution in [-0.2, 0) is 28.6 Å². The summed E-state index contributed by atoms with van der Waals surface area (Å²) in [5.41, 5.74) is 0. The molecule has 10 nitrogen and oxygen atoms in total. The van der Waals surface area contributed by atoms with Gasteiger partial charge in [-0.3, -0.25) is 5.01 Å². The second-order valence-electron chi connectivity index (χ2n) is 6.57. The van der Waals surface area contributed by atoms with Crippen molar-refractivity contribution in [2.45, 2.75) is 85.3 Å². The number of esters is 3. The predicted octanol–water partition coefficient (Wildman–Crippen LogP) is 1.32. The number of hydrazine groups is 1. The van der Waals surface area contributed by atoms with Gasteiger partial charge in [0.25, 0.3) is 0 Å². The molecule has 1 heterocycles. The van der Waals surface area contributed by atoms with Crippen molar-refractivity contribution in [1.82, 2.24) is 5.01 Å². The number of carbonyl (C=O) groups excluding carboxylic acids is 3. The lowest BCUT2D eigenvalue weighted by Crippen LogP contribution is -2.55.